The predicted molar refractivity (Wildman–Crippen MR) is 61.9 cm³/mol. The Morgan fingerprint density at radius 2 is 2.22 bits per heavy atom. The highest BCUT2D eigenvalue weighted by Crippen LogP contribution is 2.38. The fourth-order valence-corrected chi connectivity index (χ4v) is 2.20. The zero-order chi connectivity index (χ0) is 13.2. The maximum Gasteiger partial charge on any atom is 0.248 e. The third kappa shape index (κ3) is 2.95. The van der Waals surface area contributed by atoms with Crippen LogP contribution in [0, 0.1) is 23.1 Å². The quantitative estimate of drug-likeness (QED) is 0.895. The second-order valence-electron chi connectivity index (χ2n) is 4.65. The molecule has 0 amide bonds. The van der Waals surface area contributed by atoms with E-state index in [1.165, 1.54) is 12.1 Å². The SMILES string of the molecule is N#Cc1ccc(NCC2CCC(F)(F)C2)c(F)c1. The van der Waals surface area contributed by atoms with E-state index in [0.29, 0.717) is 13.0 Å². The van der Waals surface area contributed by atoms with E-state index in [2.05, 4.69) is 5.32 Å². The summed E-state index contributed by atoms with van der Waals surface area (Å²) in [6.07, 6.45) is 0.227. The minimum atomic E-state index is -2.57. The molecule has 1 saturated carbocycles. The molecular formula is C13H13F3N2. The van der Waals surface area contributed by atoms with Gasteiger partial charge in [-0.2, -0.15) is 5.26 Å². The summed E-state index contributed by atoms with van der Waals surface area (Å²) in [5.41, 5.74) is 0.495. The molecule has 1 unspecified atom stereocenters. The van der Waals surface area contributed by atoms with Crippen LogP contribution in [0.1, 0.15) is 24.8 Å². The minimum Gasteiger partial charge on any atom is -0.382 e. The Bertz CT molecular complexity index is 480. The molecule has 0 radical (unpaired) electrons. The Kier molecular flexibility index (Phi) is 3.46. The number of hydrogen-bond acceptors (Lipinski definition) is 2. The van der Waals surface area contributed by atoms with Crippen LogP contribution in [0.25, 0.3) is 0 Å². The van der Waals surface area contributed by atoms with Gasteiger partial charge < -0.3 is 5.32 Å². The summed E-state index contributed by atoms with van der Waals surface area (Å²) in [6.45, 7) is 0.332. The van der Waals surface area contributed by atoms with Gasteiger partial charge >= 0.3 is 0 Å². The van der Waals surface area contributed by atoms with E-state index in [1.807, 2.05) is 6.07 Å². The summed E-state index contributed by atoms with van der Waals surface area (Å²) >= 11 is 0. The second-order valence-corrected chi connectivity index (χ2v) is 4.65. The molecule has 2 nitrogen and oxygen atoms in total. The van der Waals surface area contributed by atoms with E-state index in [4.69, 9.17) is 5.26 Å². The van der Waals surface area contributed by atoms with Crippen molar-refractivity contribution in [2.75, 3.05) is 11.9 Å². The molecule has 1 fully saturated rings. The van der Waals surface area contributed by atoms with Gasteiger partial charge in [-0.3, -0.25) is 0 Å². The zero-order valence-electron chi connectivity index (χ0n) is 9.72. The maximum atomic E-state index is 13.5. The highest BCUT2D eigenvalue weighted by molar-refractivity contribution is 5.48. The number of alkyl halides is 2. The van der Waals surface area contributed by atoms with Gasteiger partial charge in [0.05, 0.1) is 17.3 Å². The van der Waals surface area contributed by atoms with Crippen LogP contribution in [0.15, 0.2) is 18.2 Å². The van der Waals surface area contributed by atoms with Crippen molar-refractivity contribution in [2.24, 2.45) is 5.92 Å². The van der Waals surface area contributed by atoms with E-state index in [9.17, 15) is 13.2 Å². The van der Waals surface area contributed by atoms with Crippen LogP contribution in [-0.4, -0.2) is 12.5 Å². The normalized spacial score (nSPS) is 21.6. The number of nitrogens with one attached hydrogen (secondary N) is 1. The Morgan fingerprint density at radius 3 is 2.78 bits per heavy atom. The molecule has 1 N–H and O–H groups in total. The van der Waals surface area contributed by atoms with Crippen LogP contribution in [0.5, 0.6) is 0 Å². The average molecular weight is 254 g/mol. The van der Waals surface area contributed by atoms with Crippen molar-refractivity contribution in [3.63, 3.8) is 0 Å². The number of nitriles is 1. The lowest BCUT2D eigenvalue weighted by atomic mass is 10.1. The first kappa shape index (κ1) is 12.7. The van der Waals surface area contributed by atoms with Crippen LogP contribution in [0.3, 0.4) is 0 Å². The molecule has 96 valence electrons. The molecular weight excluding hydrogens is 241 g/mol. The Balaban J connectivity index is 1.93. The Hall–Kier alpha value is -1.70. The number of nitrogens with zero attached hydrogens (tertiary/aromatic N) is 1. The molecule has 0 aliphatic heterocycles. The van der Waals surface area contributed by atoms with Crippen molar-refractivity contribution in [2.45, 2.75) is 25.2 Å². The van der Waals surface area contributed by atoms with E-state index in [-0.39, 0.29) is 30.0 Å². The van der Waals surface area contributed by atoms with Gasteiger partial charge in [0.15, 0.2) is 0 Å². The van der Waals surface area contributed by atoms with Gasteiger partial charge in [0, 0.05) is 19.4 Å². The number of halogens is 3. The summed E-state index contributed by atoms with van der Waals surface area (Å²) in [4.78, 5) is 0. The van der Waals surface area contributed by atoms with Gasteiger partial charge in [0.1, 0.15) is 5.82 Å². The van der Waals surface area contributed by atoms with Crippen molar-refractivity contribution in [1.82, 2.24) is 0 Å². The molecule has 5 heteroatoms. The standard InChI is InChI=1S/C13H13F3N2/c14-11-5-9(7-17)1-2-12(11)18-8-10-3-4-13(15,16)6-10/h1-2,5,10,18H,3-4,6,8H2. The predicted octanol–water partition coefficient (Wildman–Crippen LogP) is 3.54. The van der Waals surface area contributed by atoms with E-state index >= 15 is 0 Å². The Labute approximate surface area is 103 Å². The molecule has 0 spiro atoms. The van der Waals surface area contributed by atoms with Crippen molar-refractivity contribution in [3.8, 4) is 6.07 Å². The lowest BCUT2D eigenvalue weighted by Gasteiger charge is -2.13. The van der Waals surface area contributed by atoms with Crippen LogP contribution in [-0.2, 0) is 0 Å². The van der Waals surface area contributed by atoms with Crippen LogP contribution < -0.4 is 5.32 Å². The van der Waals surface area contributed by atoms with Gasteiger partial charge in [0.2, 0.25) is 5.92 Å². The molecule has 18 heavy (non-hydrogen) atoms. The van der Waals surface area contributed by atoms with Gasteiger partial charge in [-0.15, -0.1) is 0 Å². The van der Waals surface area contributed by atoms with Gasteiger partial charge in [-0.05, 0) is 30.5 Å². The largest absolute Gasteiger partial charge is 0.382 e. The van der Waals surface area contributed by atoms with Crippen LogP contribution in [0.2, 0.25) is 0 Å². The summed E-state index contributed by atoms with van der Waals surface area (Å²) in [5.74, 6) is -3.23. The number of anilines is 1. The number of rotatable bonds is 3. The van der Waals surface area contributed by atoms with E-state index in [1.54, 1.807) is 0 Å². The minimum absolute atomic E-state index is 0.0881. The first-order valence-corrected chi connectivity index (χ1v) is 5.81. The first-order valence-electron chi connectivity index (χ1n) is 5.81. The molecule has 0 saturated heterocycles. The molecule has 1 aromatic rings. The van der Waals surface area contributed by atoms with Crippen molar-refractivity contribution in [1.29, 1.82) is 5.26 Å². The van der Waals surface area contributed by atoms with Crippen molar-refractivity contribution < 1.29 is 13.2 Å². The molecule has 1 aliphatic carbocycles. The topological polar surface area (TPSA) is 35.8 Å². The average Bonchev–Trinajstić information content (AvgIpc) is 2.67. The van der Waals surface area contributed by atoms with E-state index in [0.717, 1.165) is 6.07 Å². The van der Waals surface area contributed by atoms with Crippen molar-refractivity contribution >= 4 is 5.69 Å². The summed E-state index contributed by atoms with van der Waals surface area (Å²) in [5, 5.41) is 11.4. The monoisotopic (exact) mass is 254 g/mol. The van der Waals surface area contributed by atoms with Crippen molar-refractivity contribution in [3.05, 3.63) is 29.6 Å². The van der Waals surface area contributed by atoms with Crippen LogP contribution in [0.4, 0.5) is 18.9 Å². The molecule has 2 rings (SSSR count). The molecule has 0 aromatic heterocycles. The molecule has 1 aliphatic rings. The second kappa shape index (κ2) is 4.89. The van der Waals surface area contributed by atoms with E-state index < -0.39 is 11.7 Å². The fraction of sp³-hybridized carbons (Fsp3) is 0.462. The van der Waals surface area contributed by atoms with Gasteiger partial charge in [0.25, 0.3) is 0 Å². The number of hydrogen-bond donors (Lipinski definition) is 1. The summed E-state index contributed by atoms with van der Waals surface area (Å²) in [6, 6.07) is 5.92. The molecule has 1 aromatic carbocycles. The lowest BCUT2D eigenvalue weighted by Crippen LogP contribution is -2.15. The smallest absolute Gasteiger partial charge is 0.248 e. The fourth-order valence-electron chi connectivity index (χ4n) is 2.20. The third-order valence-corrected chi connectivity index (χ3v) is 3.19. The summed E-state index contributed by atoms with van der Waals surface area (Å²) < 4.78 is 39.4. The highest BCUT2D eigenvalue weighted by Gasteiger charge is 2.39. The van der Waals surface area contributed by atoms with Gasteiger partial charge in [-0.25, -0.2) is 13.2 Å². The molecule has 0 heterocycles. The first-order chi connectivity index (χ1) is 8.50. The van der Waals surface area contributed by atoms with Crippen LogP contribution >= 0.6 is 0 Å². The van der Waals surface area contributed by atoms with Gasteiger partial charge in [-0.1, -0.05) is 0 Å². The molecule has 1 atom stereocenters. The number of benzene rings is 1. The zero-order valence-corrected chi connectivity index (χ0v) is 9.72. The Morgan fingerprint density at radius 1 is 1.44 bits per heavy atom. The third-order valence-electron chi connectivity index (χ3n) is 3.19. The molecule has 0 bridgehead atoms. The lowest BCUT2D eigenvalue weighted by molar-refractivity contribution is 0.00556. The summed E-state index contributed by atoms with van der Waals surface area (Å²) in [7, 11) is 0. The maximum absolute atomic E-state index is 13.5. The highest BCUT2D eigenvalue weighted by atomic mass is 19.3.